The summed E-state index contributed by atoms with van der Waals surface area (Å²) in [5.74, 6) is -0.961. The molecule has 1 atom stereocenters. The smallest absolute Gasteiger partial charge is 0.347 e. The third-order valence-corrected chi connectivity index (χ3v) is 1.39. The molecule has 5 heteroatoms. The van der Waals surface area contributed by atoms with Crippen LogP contribution < -0.4 is 0 Å². The second kappa shape index (κ2) is 3.98. The standard InChI is InChI=1S/C5H11O4P/c1-4-8-5(2,3)9-10(6)7/h4H2,1-3H3/p+1. The maximum absolute atomic E-state index is 10.1. The molecule has 0 aromatic rings. The van der Waals surface area contributed by atoms with Crippen molar-refractivity contribution in [3.8, 4) is 0 Å². The molecule has 0 aliphatic rings. The van der Waals surface area contributed by atoms with Crippen molar-refractivity contribution in [3.63, 3.8) is 0 Å². The van der Waals surface area contributed by atoms with Crippen LogP contribution in [0.15, 0.2) is 0 Å². The Morgan fingerprint density at radius 1 is 1.60 bits per heavy atom. The fourth-order valence-corrected chi connectivity index (χ4v) is 0.991. The number of ether oxygens (including phenoxy) is 1. The van der Waals surface area contributed by atoms with Gasteiger partial charge in [-0.15, -0.1) is 4.89 Å². The highest BCUT2D eigenvalue weighted by Crippen LogP contribution is 2.26. The quantitative estimate of drug-likeness (QED) is 0.508. The first-order valence-corrected chi connectivity index (χ1v) is 4.10. The molecular formula is C5H12O4P+. The molecular weight excluding hydrogens is 155 g/mol. The van der Waals surface area contributed by atoms with Crippen molar-refractivity contribution in [1.82, 2.24) is 0 Å². The minimum Gasteiger partial charge on any atom is -0.347 e. The highest BCUT2D eigenvalue weighted by Gasteiger charge is 2.30. The molecule has 0 saturated carbocycles. The topological polar surface area (TPSA) is 55.8 Å². The molecule has 10 heavy (non-hydrogen) atoms. The Kier molecular flexibility index (Phi) is 3.98. The normalized spacial score (nSPS) is 13.4. The van der Waals surface area contributed by atoms with Gasteiger partial charge in [-0.05, 0) is 20.8 Å². The lowest BCUT2D eigenvalue weighted by atomic mass is 10.4. The lowest BCUT2D eigenvalue weighted by molar-refractivity contribution is -0.152. The molecule has 1 unspecified atom stereocenters. The Bertz CT molecular complexity index is 123. The molecule has 0 fully saturated rings. The van der Waals surface area contributed by atoms with E-state index in [2.05, 4.69) is 4.52 Å². The maximum Gasteiger partial charge on any atom is 0.697 e. The van der Waals surface area contributed by atoms with Gasteiger partial charge in [0.25, 0.3) is 0 Å². The average molecular weight is 167 g/mol. The molecule has 0 aliphatic heterocycles. The van der Waals surface area contributed by atoms with Crippen molar-refractivity contribution in [2.75, 3.05) is 6.61 Å². The molecule has 0 rings (SSSR count). The zero-order chi connectivity index (χ0) is 8.20. The number of hydrogen-bond donors (Lipinski definition) is 1. The van der Waals surface area contributed by atoms with Crippen LogP contribution in [0.4, 0.5) is 0 Å². The summed E-state index contributed by atoms with van der Waals surface area (Å²) in [6, 6.07) is 0. The Hall–Kier alpha value is -0.0200. The zero-order valence-corrected chi connectivity index (χ0v) is 7.22. The highest BCUT2D eigenvalue weighted by molar-refractivity contribution is 7.32. The first-order chi connectivity index (χ1) is 4.48. The molecule has 1 N–H and O–H groups in total. The molecule has 60 valence electrons. The predicted octanol–water partition coefficient (Wildman–Crippen LogP) is 1.43. The lowest BCUT2D eigenvalue weighted by Gasteiger charge is -2.15. The van der Waals surface area contributed by atoms with Gasteiger partial charge in [-0.2, -0.15) is 0 Å². The van der Waals surface area contributed by atoms with Crippen LogP contribution in [-0.2, 0) is 13.8 Å². The Labute approximate surface area is 61.1 Å². The molecule has 0 radical (unpaired) electrons. The summed E-state index contributed by atoms with van der Waals surface area (Å²) < 4.78 is 19.6. The largest absolute Gasteiger partial charge is 0.697 e. The third-order valence-electron chi connectivity index (χ3n) is 0.790. The van der Waals surface area contributed by atoms with E-state index in [1.54, 1.807) is 20.8 Å². The van der Waals surface area contributed by atoms with Gasteiger partial charge in [-0.1, -0.05) is 4.52 Å². The lowest BCUT2D eigenvalue weighted by Crippen LogP contribution is -2.25. The van der Waals surface area contributed by atoms with Crippen molar-refractivity contribution in [2.45, 2.75) is 26.6 Å². The molecule has 0 amide bonds. The zero-order valence-electron chi connectivity index (χ0n) is 6.33. The maximum atomic E-state index is 10.1. The van der Waals surface area contributed by atoms with Gasteiger partial charge in [0.15, 0.2) is 0 Å². The average Bonchev–Trinajstić information content (AvgIpc) is 1.59. The van der Waals surface area contributed by atoms with Crippen molar-refractivity contribution in [2.24, 2.45) is 0 Å². The van der Waals surface area contributed by atoms with Crippen LogP contribution in [0.3, 0.4) is 0 Å². The van der Waals surface area contributed by atoms with Crippen molar-refractivity contribution < 1.29 is 18.7 Å². The van der Waals surface area contributed by atoms with Gasteiger partial charge in [-0.3, -0.25) is 0 Å². The minimum atomic E-state index is -2.58. The summed E-state index contributed by atoms with van der Waals surface area (Å²) in [5.41, 5.74) is 0. The van der Waals surface area contributed by atoms with E-state index < -0.39 is 14.0 Å². The van der Waals surface area contributed by atoms with Crippen molar-refractivity contribution >= 4 is 8.25 Å². The van der Waals surface area contributed by atoms with E-state index in [9.17, 15) is 4.57 Å². The van der Waals surface area contributed by atoms with Crippen LogP contribution in [0.2, 0.25) is 0 Å². The van der Waals surface area contributed by atoms with Crippen LogP contribution >= 0.6 is 8.25 Å². The van der Waals surface area contributed by atoms with E-state index in [1.807, 2.05) is 0 Å². The fourth-order valence-electron chi connectivity index (χ4n) is 0.562. The SMILES string of the molecule is CCOC(C)(C)O[P+](=O)O. The van der Waals surface area contributed by atoms with E-state index in [-0.39, 0.29) is 0 Å². The van der Waals surface area contributed by atoms with Crippen LogP contribution in [-0.4, -0.2) is 17.3 Å². The summed E-state index contributed by atoms with van der Waals surface area (Å²) in [5, 5.41) is 0. The van der Waals surface area contributed by atoms with Gasteiger partial charge in [0.1, 0.15) is 0 Å². The highest BCUT2D eigenvalue weighted by atomic mass is 31.1. The fraction of sp³-hybridized carbons (Fsp3) is 1.00. The van der Waals surface area contributed by atoms with Gasteiger partial charge in [0, 0.05) is 11.2 Å². The van der Waals surface area contributed by atoms with Crippen LogP contribution in [0.25, 0.3) is 0 Å². The monoisotopic (exact) mass is 167 g/mol. The van der Waals surface area contributed by atoms with E-state index in [0.717, 1.165) is 0 Å². The molecule has 0 bridgehead atoms. The first-order valence-electron chi connectivity index (χ1n) is 2.97. The number of rotatable bonds is 4. The second-order valence-electron chi connectivity index (χ2n) is 2.16. The molecule has 0 aromatic heterocycles. The number of hydrogen-bond acceptors (Lipinski definition) is 3. The molecule has 0 heterocycles. The first kappa shape index (κ1) is 9.98. The predicted molar refractivity (Wildman–Crippen MR) is 36.6 cm³/mol. The van der Waals surface area contributed by atoms with E-state index in [0.29, 0.717) is 6.61 Å². The van der Waals surface area contributed by atoms with Crippen LogP contribution in [0.1, 0.15) is 20.8 Å². The van der Waals surface area contributed by atoms with E-state index >= 15 is 0 Å². The molecule has 0 saturated heterocycles. The van der Waals surface area contributed by atoms with Gasteiger partial charge >= 0.3 is 8.25 Å². The molecule has 0 aromatic carbocycles. The van der Waals surface area contributed by atoms with Crippen molar-refractivity contribution in [1.29, 1.82) is 0 Å². The third kappa shape index (κ3) is 4.82. The Balaban J connectivity index is 3.74. The Morgan fingerprint density at radius 2 is 2.10 bits per heavy atom. The second-order valence-corrected chi connectivity index (χ2v) is 2.82. The summed E-state index contributed by atoms with van der Waals surface area (Å²) in [6.07, 6.45) is 0. The Morgan fingerprint density at radius 3 is 2.40 bits per heavy atom. The van der Waals surface area contributed by atoms with E-state index in [4.69, 9.17) is 9.63 Å². The van der Waals surface area contributed by atoms with Gasteiger partial charge in [-0.25, -0.2) is 0 Å². The molecule has 0 spiro atoms. The minimum absolute atomic E-state index is 0.455. The summed E-state index contributed by atoms with van der Waals surface area (Å²) in [7, 11) is -2.58. The summed E-state index contributed by atoms with van der Waals surface area (Å²) in [6.45, 7) is 5.41. The van der Waals surface area contributed by atoms with Gasteiger partial charge in [0.2, 0.25) is 5.79 Å². The summed E-state index contributed by atoms with van der Waals surface area (Å²) >= 11 is 0. The molecule has 4 nitrogen and oxygen atoms in total. The molecule has 0 aliphatic carbocycles. The van der Waals surface area contributed by atoms with Gasteiger partial charge in [0.05, 0.1) is 0 Å². The van der Waals surface area contributed by atoms with Crippen molar-refractivity contribution in [3.05, 3.63) is 0 Å². The van der Waals surface area contributed by atoms with Crippen LogP contribution in [0.5, 0.6) is 0 Å². The van der Waals surface area contributed by atoms with Gasteiger partial charge < -0.3 is 4.74 Å². The van der Waals surface area contributed by atoms with E-state index in [1.165, 1.54) is 0 Å². The van der Waals surface area contributed by atoms with Crippen LogP contribution in [0, 0.1) is 0 Å². The summed E-state index contributed by atoms with van der Waals surface area (Å²) in [4.78, 5) is 8.32.